The Hall–Kier alpha value is -0.260. The van der Waals surface area contributed by atoms with E-state index in [0.717, 1.165) is 12.3 Å². The Morgan fingerprint density at radius 2 is 2.25 bits per heavy atom. The molecule has 4 nitrogen and oxygen atoms in total. The van der Waals surface area contributed by atoms with Gasteiger partial charge in [-0.25, -0.2) is 0 Å². The summed E-state index contributed by atoms with van der Waals surface area (Å²) in [4.78, 5) is 11.6. The third-order valence-corrected chi connectivity index (χ3v) is 3.89. The first-order chi connectivity index (χ1) is 7.50. The fourth-order valence-corrected chi connectivity index (χ4v) is 2.57. The molecule has 0 aliphatic heterocycles. The molecule has 0 aromatic carbocycles. The molecule has 16 heavy (non-hydrogen) atoms. The molecule has 0 spiro atoms. The van der Waals surface area contributed by atoms with Crippen LogP contribution in [0.4, 0.5) is 0 Å². The van der Waals surface area contributed by atoms with Crippen molar-refractivity contribution >= 4 is 17.7 Å². The zero-order chi connectivity index (χ0) is 12.6. The molecule has 0 aliphatic carbocycles. The van der Waals surface area contributed by atoms with Gasteiger partial charge in [-0.3, -0.25) is 4.79 Å². The predicted molar refractivity (Wildman–Crippen MR) is 67.7 cm³/mol. The topological polar surface area (TPSA) is 58.6 Å². The largest absolute Gasteiger partial charge is 0.468 e. The highest BCUT2D eigenvalue weighted by Gasteiger charge is 2.33. The van der Waals surface area contributed by atoms with Crippen molar-refractivity contribution in [2.24, 2.45) is 5.92 Å². The molecule has 0 aromatic rings. The van der Waals surface area contributed by atoms with Crippen LogP contribution in [0.5, 0.6) is 0 Å². The van der Waals surface area contributed by atoms with Crippen molar-refractivity contribution in [1.29, 1.82) is 0 Å². The van der Waals surface area contributed by atoms with E-state index in [1.54, 1.807) is 11.8 Å². The van der Waals surface area contributed by atoms with Crippen LogP contribution >= 0.6 is 11.8 Å². The average Bonchev–Trinajstić information content (AvgIpc) is 2.27. The van der Waals surface area contributed by atoms with Crippen LogP contribution in [0.25, 0.3) is 0 Å². The second-order valence-corrected chi connectivity index (χ2v) is 5.19. The minimum absolute atomic E-state index is 0.184. The summed E-state index contributed by atoms with van der Waals surface area (Å²) < 4.78 is 4.79. The van der Waals surface area contributed by atoms with E-state index in [-0.39, 0.29) is 18.5 Å². The highest BCUT2D eigenvalue weighted by atomic mass is 32.2. The van der Waals surface area contributed by atoms with Crippen LogP contribution in [0.15, 0.2) is 0 Å². The number of likely N-dealkylation sites (N-methyl/N-ethyl adjacent to an activating group) is 1. The lowest BCUT2D eigenvalue weighted by atomic mass is 10.1. The Kier molecular flexibility index (Phi) is 7.80. The molecule has 0 bridgehead atoms. The number of nitrogens with one attached hydrogen (secondary N) is 1. The molecule has 0 aliphatic rings. The predicted octanol–water partition coefficient (Wildman–Crippen LogP) is 0.889. The first-order valence-electron chi connectivity index (χ1n) is 5.52. The van der Waals surface area contributed by atoms with Gasteiger partial charge in [0.2, 0.25) is 0 Å². The molecule has 0 aromatic heterocycles. The van der Waals surface area contributed by atoms with E-state index in [1.165, 1.54) is 7.11 Å². The van der Waals surface area contributed by atoms with Gasteiger partial charge in [0.05, 0.1) is 7.11 Å². The van der Waals surface area contributed by atoms with E-state index < -0.39 is 5.54 Å². The Labute approximate surface area is 102 Å². The summed E-state index contributed by atoms with van der Waals surface area (Å²) in [6.45, 7) is 6.70. The number of thioether (sulfide) groups is 1. The zero-order valence-electron chi connectivity index (χ0n) is 10.6. The fourth-order valence-electron chi connectivity index (χ4n) is 1.31. The number of carbonyl (C=O) groups is 1. The molecule has 0 rings (SSSR count). The molecule has 2 atom stereocenters. The molecular formula is C11H23NO3S. The van der Waals surface area contributed by atoms with Crippen molar-refractivity contribution in [3.05, 3.63) is 0 Å². The number of methoxy groups -OCH3 is 1. The van der Waals surface area contributed by atoms with Gasteiger partial charge in [-0.15, -0.1) is 0 Å². The average molecular weight is 249 g/mol. The Balaban J connectivity index is 4.17. The third-order valence-electron chi connectivity index (χ3n) is 2.31. The van der Waals surface area contributed by atoms with Gasteiger partial charge in [0.15, 0.2) is 0 Å². The van der Waals surface area contributed by atoms with Gasteiger partial charge < -0.3 is 15.2 Å². The maximum Gasteiger partial charge on any atom is 0.326 e. The first-order valence-corrected chi connectivity index (χ1v) is 6.67. The minimum atomic E-state index is -0.636. The maximum atomic E-state index is 11.6. The second kappa shape index (κ2) is 7.92. The number of aliphatic hydroxyl groups is 1. The van der Waals surface area contributed by atoms with Gasteiger partial charge in [0.1, 0.15) is 5.54 Å². The van der Waals surface area contributed by atoms with Crippen molar-refractivity contribution in [2.75, 3.05) is 31.8 Å². The van der Waals surface area contributed by atoms with Gasteiger partial charge in [-0.05, 0) is 25.1 Å². The molecule has 96 valence electrons. The Morgan fingerprint density at radius 1 is 1.62 bits per heavy atom. The van der Waals surface area contributed by atoms with E-state index >= 15 is 0 Å². The van der Waals surface area contributed by atoms with E-state index in [9.17, 15) is 4.79 Å². The van der Waals surface area contributed by atoms with Crippen molar-refractivity contribution in [1.82, 2.24) is 5.32 Å². The van der Waals surface area contributed by atoms with Crippen LogP contribution in [-0.4, -0.2) is 48.4 Å². The molecule has 0 fully saturated rings. The Bertz CT molecular complexity index is 213. The normalized spacial score (nSPS) is 16.6. The monoisotopic (exact) mass is 249 g/mol. The minimum Gasteiger partial charge on any atom is -0.468 e. The lowest BCUT2D eigenvalue weighted by Crippen LogP contribution is -2.52. The van der Waals surface area contributed by atoms with E-state index in [1.807, 2.05) is 20.8 Å². The lowest BCUT2D eigenvalue weighted by Gasteiger charge is -2.27. The van der Waals surface area contributed by atoms with Gasteiger partial charge in [-0.2, -0.15) is 11.8 Å². The highest BCUT2D eigenvalue weighted by molar-refractivity contribution is 7.99. The van der Waals surface area contributed by atoms with Crippen LogP contribution in [0, 0.1) is 5.92 Å². The van der Waals surface area contributed by atoms with E-state index in [0.29, 0.717) is 5.75 Å². The van der Waals surface area contributed by atoms with Crippen LogP contribution in [0.2, 0.25) is 0 Å². The van der Waals surface area contributed by atoms with Crippen LogP contribution in [0.3, 0.4) is 0 Å². The first kappa shape index (κ1) is 15.7. The summed E-state index contributed by atoms with van der Waals surface area (Å²) in [5.74, 6) is 1.51. The van der Waals surface area contributed by atoms with Crippen molar-refractivity contribution in [2.45, 2.75) is 26.3 Å². The molecule has 0 heterocycles. The number of hydrogen-bond acceptors (Lipinski definition) is 5. The van der Waals surface area contributed by atoms with Crippen LogP contribution in [-0.2, 0) is 9.53 Å². The molecule has 2 unspecified atom stereocenters. The Morgan fingerprint density at radius 3 is 2.69 bits per heavy atom. The number of esters is 1. The number of ether oxygens (including phenoxy) is 1. The van der Waals surface area contributed by atoms with E-state index in [4.69, 9.17) is 9.84 Å². The molecule has 5 heteroatoms. The summed E-state index contributed by atoms with van der Waals surface area (Å²) in [5, 5.41) is 12.0. The lowest BCUT2D eigenvalue weighted by molar-refractivity contribution is -0.146. The molecule has 0 radical (unpaired) electrons. The van der Waals surface area contributed by atoms with Crippen molar-refractivity contribution in [3.8, 4) is 0 Å². The summed E-state index contributed by atoms with van der Waals surface area (Å²) >= 11 is 1.65. The highest BCUT2D eigenvalue weighted by Crippen LogP contribution is 2.17. The number of aliphatic hydroxyl groups excluding tert-OH is 1. The van der Waals surface area contributed by atoms with Gasteiger partial charge >= 0.3 is 5.97 Å². The van der Waals surface area contributed by atoms with Crippen molar-refractivity contribution in [3.63, 3.8) is 0 Å². The molecule has 2 N–H and O–H groups in total. The summed E-state index contributed by atoms with van der Waals surface area (Å²) in [7, 11) is 1.40. The van der Waals surface area contributed by atoms with Crippen LogP contribution < -0.4 is 5.32 Å². The summed E-state index contributed by atoms with van der Waals surface area (Å²) in [6.07, 6.45) is 0. The van der Waals surface area contributed by atoms with Gasteiger partial charge in [0.25, 0.3) is 0 Å². The smallest absolute Gasteiger partial charge is 0.326 e. The molecule has 0 saturated heterocycles. The molecule has 0 amide bonds. The fraction of sp³-hybridized carbons (Fsp3) is 0.909. The quantitative estimate of drug-likeness (QED) is 0.626. The number of hydrogen-bond donors (Lipinski definition) is 2. The standard InChI is InChI=1S/C11H23NO3S/c1-5-12-11(3,10(14)15-4)8-16-7-9(2)6-13/h9,12-13H,5-8H2,1-4H3. The van der Waals surface area contributed by atoms with Gasteiger partial charge in [-0.1, -0.05) is 13.8 Å². The third kappa shape index (κ3) is 5.18. The van der Waals surface area contributed by atoms with E-state index in [2.05, 4.69) is 5.32 Å². The second-order valence-electron chi connectivity index (χ2n) is 4.16. The van der Waals surface area contributed by atoms with Crippen LogP contribution in [0.1, 0.15) is 20.8 Å². The van der Waals surface area contributed by atoms with Gasteiger partial charge in [0, 0.05) is 12.4 Å². The maximum absolute atomic E-state index is 11.6. The zero-order valence-corrected chi connectivity index (χ0v) is 11.4. The van der Waals surface area contributed by atoms with Crippen molar-refractivity contribution < 1.29 is 14.6 Å². The number of rotatable bonds is 8. The molecular weight excluding hydrogens is 226 g/mol. The summed E-state index contributed by atoms with van der Waals surface area (Å²) in [6, 6.07) is 0. The molecule has 0 saturated carbocycles. The number of carbonyl (C=O) groups excluding carboxylic acids is 1. The SMILES string of the molecule is CCNC(C)(CSCC(C)CO)C(=O)OC. The summed E-state index contributed by atoms with van der Waals surface area (Å²) in [5.41, 5.74) is -0.636.